The third kappa shape index (κ3) is 4.16. The van der Waals surface area contributed by atoms with Crippen molar-refractivity contribution in [3.63, 3.8) is 0 Å². The summed E-state index contributed by atoms with van der Waals surface area (Å²) in [5.41, 5.74) is 0.853. The van der Waals surface area contributed by atoms with Crippen molar-refractivity contribution in [2.45, 2.75) is 4.90 Å². The van der Waals surface area contributed by atoms with Crippen molar-refractivity contribution in [1.29, 1.82) is 0 Å². The van der Waals surface area contributed by atoms with Crippen LogP contribution in [0, 0.1) is 11.6 Å². The van der Waals surface area contributed by atoms with E-state index in [9.17, 15) is 17.2 Å². The van der Waals surface area contributed by atoms with E-state index in [1.165, 1.54) is 4.31 Å². The smallest absolute Gasteiger partial charge is 0.246 e. The number of rotatable bonds is 4. The largest absolute Gasteiger partial charge is 0.378 e. The fourth-order valence-electron chi connectivity index (χ4n) is 3.48. The summed E-state index contributed by atoms with van der Waals surface area (Å²) < 4.78 is 59.1. The molecule has 2 aliphatic rings. The summed E-state index contributed by atoms with van der Waals surface area (Å²) in [6.07, 6.45) is 1.65. The molecule has 2 aliphatic heterocycles. The number of aromatic nitrogens is 2. The van der Waals surface area contributed by atoms with Gasteiger partial charge in [0.2, 0.25) is 10.0 Å². The third-order valence-electron chi connectivity index (χ3n) is 5.08. The molecule has 0 saturated carbocycles. The second kappa shape index (κ2) is 8.17. The zero-order chi connectivity index (χ0) is 20.4. The summed E-state index contributed by atoms with van der Waals surface area (Å²) >= 11 is 0. The Morgan fingerprint density at radius 1 is 0.931 bits per heavy atom. The Morgan fingerprint density at radius 3 is 2.34 bits per heavy atom. The summed E-state index contributed by atoms with van der Waals surface area (Å²) in [6, 6.07) is 4.43. The number of halogens is 2. The molecule has 4 rings (SSSR count). The molecule has 8 nitrogen and oxygen atoms in total. The van der Waals surface area contributed by atoms with Crippen LogP contribution < -0.4 is 9.80 Å². The van der Waals surface area contributed by atoms with E-state index in [0.29, 0.717) is 32.4 Å². The summed E-state index contributed by atoms with van der Waals surface area (Å²) in [5, 5.41) is 8.26. The fourth-order valence-corrected chi connectivity index (χ4v) is 4.94. The maximum Gasteiger partial charge on any atom is 0.246 e. The first kappa shape index (κ1) is 19.9. The van der Waals surface area contributed by atoms with Crippen LogP contribution in [0.15, 0.2) is 35.4 Å². The molecule has 0 atom stereocenters. The highest BCUT2D eigenvalue weighted by molar-refractivity contribution is 7.89. The molecular weight excluding hydrogens is 404 g/mol. The second-order valence-electron chi connectivity index (χ2n) is 6.84. The van der Waals surface area contributed by atoms with Gasteiger partial charge >= 0.3 is 0 Å². The molecule has 1 aromatic carbocycles. The van der Waals surface area contributed by atoms with Crippen molar-refractivity contribution in [2.24, 2.45) is 0 Å². The van der Waals surface area contributed by atoms with E-state index in [1.54, 1.807) is 6.20 Å². The highest BCUT2D eigenvalue weighted by atomic mass is 32.2. The second-order valence-corrected chi connectivity index (χ2v) is 8.74. The van der Waals surface area contributed by atoms with Gasteiger partial charge in [0.1, 0.15) is 16.5 Å². The first-order valence-corrected chi connectivity index (χ1v) is 10.7. The topological polar surface area (TPSA) is 78.9 Å². The van der Waals surface area contributed by atoms with Crippen LogP contribution in [0.25, 0.3) is 0 Å². The van der Waals surface area contributed by atoms with Crippen LogP contribution in [-0.2, 0) is 14.8 Å². The van der Waals surface area contributed by atoms with Crippen molar-refractivity contribution < 1.29 is 21.9 Å². The molecule has 0 spiro atoms. The molecule has 0 unspecified atom stereocenters. The molecule has 0 radical (unpaired) electrons. The Kier molecular flexibility index (Phi) is 5.61. The highest BCUT2D eigenvalue weighted by Gasteiger charge is 2.31. The first-order chi connectivity index (χ1) is 13.9. The van der Waals surface area contributed by atoms with Crippen molar-refractivity contribution in [2.75, 3.05) is 62.3 Å². The minimum atomic E-state index is -4.03. The monoisotopic (exact) mass is 425 g/mol. The van der Waals surface area contributed by atoms with Crippen molar-refractivity contribution in [3.8, 4) is 0 Å². The number of hydrogen-bond acceptors (Lipinski definition) is 7. The summed E-state index contributed by atoms with van der Waals surface area (Å²) in [7, 11) is -4.03. The van der Waals surface area contributed by atoms with Gasteiger partial charge in [0.05, 0.1) is 25.1 Å². The van der Waals surface area contributed by atoms with Gasteiger partial charge in [-0.25, -0.2) is 17.2 Å². The maximum atomic E-state index is 14.0. The van der Waals surface area contributed by atoms with Crippen LogP contribution in [0.4, 0.5) is 20.3 Å². The number of benzene rings is 1. The molecule has 11 heteroatoms. The fraction of sp³-hybridized carbons (Fsp3) is 0.444. The Morgan fingerprint density at radius 2 is 1.66 bits per heavy atom. The molecule has 1 aromatic heterocycles. The lowest BCUT2D eigenvalue weighted by atomic mass is 10.3. The third-order valence-corrected chi connectivity index (χ3v) is 7.01. The van der Waals surface area contributed by atoms with Gasteiger partial charge in [0.25, 0.3) is 0 Å². The molecule has 29 heavy (non-hydrogen) atoms. The van der Waals surface area contributed by atoms with E-state index < -0.39 is 26.6 Å². The Bertz CT molecular complexity index is 977. The number of anilines is 2. The lowest BCUT2D eigenvalue weighted by Gasteiger charge is -2.35. The average Bonchev–Trinajstić information content (AvgIpc) is 2.74. The molecule has 2 saturated heterocycles. The van der Waals surface area contributed by atoms with E-state index in [2.05, 4.69) is 15.1 Å². The van der Waals surface area contributed by atoms with E-state index in [-0.39, 0.29) is 13.1 Å². The predicted molar refractivity (Wildman–Crippen MR) is 102 cm³/mol. The zero-order valence-corrected chi connectivity index (χ0v) is 16.5. The standard InChI is InChI=1S/C18H21F2N5O3S/c19-14-1-2-17(16(20)11-14)29(26,27)25-5-3-23(4-6-25)15-12-18(22-21-13-15)24-7-9-28-10-8-24/h1-2,11-13H,3-10H2. The molecule has 0 aliphatic carbocycles. The lowest BCUT2D eigenvalue weighted by Crippen LogP contribution is -2.49. The van der Waals surface area contributed by atoms with Crippen LogP contribution in [0.3, 0.4) is 0 Å². The van der Waals surface area contributed by atoms with Gasteiger partial charge in [-0.1, -0.05) is 0 Å². The van der Waals surface area contributed by atoms with E-state index in [4.69, 9.17) is 4.74 Å². The minimum Gasteiger partial charge on any atom is -0.378 e. The van der Waals surface area contributed by atoms with Gasteiger partial charge in [-0.05, 0) is 12.1 Å². The summed E-state index contributed by atoms with van der Waals surface area (Å²) in [6.45, 7) is 4.00. The number of nitrogens with zero attached hydrogens (tertiary/aromatic N) is 5. The van der Waals surface area contributed by atoms with Crippen LogP contribution in [0.5, 0.6) is 0 Å². The van der Waals surface area contributed by atoms with E-state index in [1.807, 2.05) is 11.0 Å². The molecule has 0 N–H and O–H groups in total. The molecule has 2 aromatic rings. The van der Waals surface area contributed by atoms with Crippen LogP contribution in [0.1, 0.15) is 0 Å². The molecule has 2 fully saturated rings. The number of sulfonamides is 1. The number of hydrogen-bond donors (Lipinski definition) is 0. The van der Waals surface area contributed by atoms with Crippen LogP contribution in [0.2, 0.25) is 0 Å². The molecule has 0 bridgehead atoms. The quantitative estimate of drug-likeness (QED) is 0.726. The van der Waals surface area contributed by atoms with Gasteiger partial charge in [0.15, 0.2) is 5.82 Å². The van der Waals surface area contributed by atoms with Gasteiger partial charge in [-0.3, -0.25) is 0 Å². The normalized spacial score (nSPS) is 18.8. The van der Waals surface area contributed by atoms with E-state index in [0.717, 1.165) is 36.7 Å². The number of ether oxygens (including phenoxy) is 1. The zero-order valence-electron chi connectivity index (χ0n) is 15.7. The lowest BCUT2D eigenvalue weighted by molar-refractivity contribution is 0.122. The van der Waals surface area contributed by atoms with E-state index >= 15 is 0 Å². The molecule has 0 amide bonds. The SMILES string of the molecule is O=S(=O)(c1ccc(F)cc1F)N1CCN(c2cnnc(N3CCOCC3)c2)CC1. The molecular formula is C18H21F2N5O3S. The summed E-state index contributed by atoms with van der Waals surface area (Å²) in [4.78, 5) is 3.61. The van der Waals surface area contributed by atoms with Gasteiger partial charge in [-0.15, -0.1) is 5.10 Å². The van der Waals surface area contributed by atoms with Gasteiger partial charge in [0, 0.05) is 51.4 Å². The van der Waals surface area contributed by atoms with Gasteiger partial charge < -0.3 is 14.5 Å². The Balaban J connectivity index is 1.45. The average molecular weight is 425 g/mol. The van der Waals surface area contributed by atoms with Crippen molar-refractivity contribution in [3.05, 3.63) is 42.1 Å². The molecule has 3 heterocycles. The summed E-state index contributed by atoms with van der Waals surface area (Å²) in [5.74, 6) is -1.14. The maximum absolute atomic E-state index is 14.0. The Hall–Kier alpha value is -2.37. The Labute approximate surface area is 167 Å². The minimum absolute atomic E-state index is 0.189. The number of morpholine rings is 1. The van der Waals surface area contributed by atoms with Gasteiger partial charge in [-0.2, -0.15) is 9.40 Å². The van der Waals surface area contributed by atoms with Crippen LogP contribution >= 0.6 is 0 Å². The first-order valence-electron chi connectivity index (χ1n) is 9.31. The van der Waals surface area contributed by atoms with Crippen LogP contribution in [-0.4, -0.2) is 75.4 Å². The molecule has 156 valence electrons. The van der Waals surface area contributed by atoms with Crippen molar-refractivity contribution >= 4 is 21.5 Å². The van der Waals surface area contributed by atoms with Crippen molar-refractivity contribution in [1.82, 2.24) is 14.5 Å². The highest BCUT2D eigenvalue weighted by Crippen LogP contribution is 2.25. The number of piperazine rings is 1. The predicted octanol–water partition coefficient (Wildman–Crippen LogP) is 1.10.